The van der Waals surface area contributed by atoms with Crippen molar-refractivity contribution in [2.45, 2.75) is 44.6 Å². The van der Waals surface area contributed by atoms with Gasteiger partial charge in [-0.3, -0.25) is 14.6 Å². The number of rotatable bonds is 7. The van der Waals surface area contributed by atoms with Crippen LogP contribution in [0.2, 0.25) is 0 Å². The molecule has 7 heteroatoms. The first-order valence-electron chi connectivity index (χ1n) is 10.7. The summed E-state index contributed by atoms with van der Waals surface area (Å²) in [6.45, 7) is 4.73. The zero-order valence-electron chi connectivity index (χ0n) is 18.0. The molecule has 31 heavy (non-hydrogen) atoms. The van der Waals surface area contributed by atoms with Crippen molar-refractivity contribution in [3.8, 4) is 0 Å². The molecule has 1 aliphatic heterocycles. The molecule has 1 aliphatic rings. The van der Waals surface area contributed by atoms with Gasteiger partial charge < -0.3 is 5.32 Å². The van der Waals surface area contributed by atoms with Gasteiger partial charge in [0.05, 0.1) is 5.56 Å². The van der Waals surface area contributed by atoms with E-state index in [1.54, 1.807) is 6.07 Å². The minimum Gasteiger partial charge on any atom is -0.352 e. The van der Waals surface area contributed by atoms with Crippen LogP contribution in [0.4, 0.5) is 13.2 Å². The molecule has 1 saturated heterocycles. The summed E-state index contributed by atoms with van der Waals surface area (Å²) in [4.78, 5) is 17.2. The molecule has 1 N–H and O–H groups in total. The van der Waals surface area contributed by atoms with Gasteiger partial charge in [-0.05, 0) is 43.6 Å². The van der Waals surface area contributed by atoms with Crippen LogP contribution in [0, 0.1) is 0 Å². The molecule has 0 spiro atoms. The maximum atomic E-state index is 13.0. The number of carbonyl (C=O) groups is 1. The SMILES string of the molecule is CCN(C)C(C(=O)NC1CCN(Cc2cccc(C(F)(F)F)c2)CC1)c1ccccc1. The van der Waals surface area contributed by atoms with Gasteiger partial charge in [0.1, 0.15) is 6.04 Å². The Hall–Kier alpha value is -2.38. The Morgan fingerprint density at radius 3 is 2.42 bits per heavy atom. The number of likely N-dealkylation sites (tertiary alicyclic amines) is 1. The number of halogens is 3. The molecule has 3 rings (SSSR count). The Kier molecular flexibility index (Phi) is 7.73. The van der Waals surface area contributed by atoms with Crippen LogP contribution < -0.4 is 5.32 Å². The van der Waals surface area contributed by atoms with Gasteiger partial charge in [-0.2, -0.15) is 13.2 Å². The van der Waals surface area contributed by atoms with E-state index in [2.05, 4.69) is 10.2 Å². The third kappa shape index (κ3) is 6.31. The Labute approximate surface area is 182 Å². The number of carbonyl (C=O) groups excluding carboxylic acids is 1. The number of nitrogens with one attached hydrogen (secondary N) is 1. The molecule has 1 unspecified atom stereocenters. The lowest BCUT2D eigenvalue weighted by atomic mass is 10.0. The standard InChI is InChI=1S/C24H30F3N3O/c1-3-29(2)22(19-9-5-4-6-10-19)23(31)28-21-12-14-30(15-13-21)17-18-8-7-11-20(16-18)24(25,26)27/h4-11,16,21-22H,3,12-15,17H2,1-2H3,(H,28,31). The van der Waals surface area contributed by atoms with Gasteiger partial charge in [0, 0.05) is 25.7 Å². The quantitative estimate of drug-likeness (QED) is 0.700. The summed E-state index contributed by atoms with van der Waals surface area (Å²) in [7, 11) is 1.94. The van der Waals surface area contributed by atoms with Gasteiger partial charge in [-0.1, -0.05) is 55.5 Å². The predicted octanol–water partition coefficient (Wildman–Crippen LogP) is 4.48. The summed E-state index contributed by atoms with van der Waals surface area (Å²) in [5.41, 5.74) is 1.01. The number of nitrogens with zero attached hydrogens (tertiary/aromatic N) is 2. The summed E-state index contributed by atoms with van der Waals surface area (Å²) in [6.07, 6.45) is -2.77. The Balaban J connectivity index is 1.55. The normalized spacial score (nSPS) is 17.0. The lowest BCUT2D eigenvalue weighted by Crippen LogP contribution is -2.48. The fourth-order valence-electron chi connectivity index (χ4n) is 4.04. The zero-order chi connectivity index (χ0) is 22.4. The molecule has 0 aromatic heterocycles. The number of alkyl halides is 3. The Bertz CT molecular complexity index is 849. The Morgan fingerprint density at radius 1 is 1.13 bits per heavy atom. The topological polar surface area (TPSA) is 35.6 Å². The second-order valence-corrected chi connectivity index (χ2v) is 8.14. The van der Waals surface area contributed by atoms with Gasteiger partial charge in [-0.15, -0.1) is 0 Å². The van der Waals surface area contributed by atoms with Gasteiger partial charge in [0.15, 0.2) is 0 Å². The minimum atomic E-state index is -4.33. The molecule has 2 aromatic carbocycles. The largest absolute Gasteiger partial charge is 0.416 e. The summed E-state index contributed by atoms with van der Waals surface area (Å²) in [6, 6.07) is 15.0. The van der Waals surface area contributed by atoms with Crippen molar-refractivity contribution in [3.05, 3.63) is 71.3 Å². The number of amides is 1. The second-order valence-electron chi connectivity index (χ2n) is 8.14. The van der Waals surface area contributed by atoms with Gasteiger partial charge >= 0.3 is 6.18 Å². The van der Waals surface area contributed by atoms with Crippen LogP contribution in [-0.4, -0.2) is 48.4 Å². The van der Waals surface area contributed by atoms with Crippen LogP contribution in [0.15, 0.2) is 54.6 Å². The third-order valence-corrected chi connectivity index (χ3v) is 5.90. The molecule has 168 valence electrons. The third-order valence-electron chi connectivity index (χ3n) is 5.90. The van der Waals surface area contributed by atoms with E-state index in [4.69, 9.17) is 0 Å². The number of hydrogen-bond acceptors (Lipinski definition) is 3. The van der Waals surface area contributed by atoms with Crippen molar-refractivity contribution in [1.29, 1.82) is 0 Å². The van der Waals surface area contributed by atoms with Crippen LogP contribution >= 0.6 is 0 Å². The number of piperidine rings is 1. The molecular weight excluding hydrogens is 403 g/mol. The van der Waals surface area contributed by atoms with Crippen molar-refractivity contribution >= 4 is 5.91 Å². The average molecular weight is 434 g/mol. The summed E-state index contributed by atoms with van der Waals surface area (Å²) >= 11 is 0. The molecule has 1 heterocycles. The van der Waals surface area contributed by atoms with Crippen LogP contribution in [-0.2, 0) is 17.5 Å². The van der Waals surface area contributed by atoms with Crippen LogP contribution in [0.25, 0.3) is 0 Å². The van der Waals surface area contributed by atoms with Crippen molar-refractivity contribution in [1.82, 2.24) is 15.1 Å². The molecule has 1 atom stereocenters. The lowest BCUT2D eigenvalue weighted by molar-refractivity contribution is -0.137. The van der Waals surface area contributed by atoms with Crippen LogP contribution in [0.3, 0.4) is 0 Å². The average Bonchev–Trinajstić information content (AvgIpc) is 2.75. The van der Waals surface area contributed by atoms with E-state index in [0.29, 0.717) is 12.1 Å². The molecule has 1 fully saturated rings. The van der Waals surface area contributed by atoms with Crippen molar-refractivity contribution in [2.75, 3.05) is 26.7 Å². The Morgan fingerprint density at radius 2 is 1.81 bits per heavy atom. The first-order chi connectivity index (χ1) is 14.8. The molecule has 1 amide bonds. The van der Waals surface area contributed by atoms with E-state index < -0.39 is 11.7 Å². The second kappa shape index (κ2) is 10.3. The summed E-state index contributed by atoms with van der Waals surface area (Å²) in [5, 5.41) is 3.19. The molecule has 4 nitrogen and oxygen atoms in total. The zero-order valence-corrected chi connectivity index (χ0v) is 18.0. The molecule has 0 aliphatic carbocycles. The van der Waals surface area contributed by atoms with E-state index in [9.17, 15) is 18.0 Å². The molecule has 0 saturated carbocycles. The monoisotopic (exact) mass is 433 g/mol. The van der Waals surface area contributed by atoms with Crippen LogP contribution in [0.5, 0.6) is 0 Å². The highest BCUT2D eigenvalue weighted by Crippen LogP contribution is 2.30. The van der Waals surface area contributed by atoms with Gasteiger partial charge in [0.25, 0.3) is 0 Å². The molecule has 0 bridgehead atoms. The van der Waals surface area contributed by atoms with Gasteiger partial charge in [0.2, 0.25) is 5.91 Å². The maximum Gasteiger partial charge on any atom is 0.416 e. The first-order valence-corrected chi connectivity index (χ1v) is 10.7. The van der Waals surface area contributed by atoms with Crippen molar-refractivity contribution < 1.29 is 18.0 Å². The fourth-order valence-corrected chi connectivity index (χ4v) is 4.04. The smallest absolute Gasteiger partial charge is 0.352 e. The highest BCUT2D eigenvalue weighted by Gasteiger charge is 2.31. The number of benzene rings is 2. The van der Waals surface area contributed by atoms with Crippen molar-refractivity contribution in [2.24, 2.45) is 0 Å². The van der Waals surface area contributed by atoms with E-state index in [1.165, 1.54) is 12.1 Å². The van der Waals surface area contributed by atoms with E-state index >= 15 is 0 Å². The van der Waals surface area contributed by atoms with Crippen molar-refractivity contribution in [3.63, 3.8) is 0 Å². The molecular formula is C24H30F3N3O. The lowest BCUT2D eigenvalue weighted by Gasteiger charge is -2.34. The first kappa shape index (κ1) is 23.3. The number of hydrogen-bond donors (Lipinski definition) is 1. The maximum absolute atomic E-state index is 13.0. The summed E-state index contributed by atoms with van der Waals surface area (Å²) in [5.74, 6) is -0.00752. The van der Waals surface area contributed by atoms with Crippen LogP contribution in [0.1, 0.15) is 42.5 Å². The number of likely N-dealkylation sites (N-methyl/N-ethyl adjacent to an activating group) is 1. The van der Waals surface area contributed by atoms with Gasteiger partial charge in [-0.25, -0.2) is 0 Å². The van der Waals surface area contributed by atoms with E-state index in [0.717, 1.165) is 44.1 Å². The van der Waals surface area contributed by atoms with E-state index in [1.807, 2.05) is 49.2 Å². The highest BCUT2D eigenvalue weighted by atomic mass is 19.4. The molecule has 0 radical (unpaired) electrons. The minimum absolute atomic E-state index is 0.00752. The fraction of sp³-hybridized carbons (Fsp3) is 0.458. The summed E-state index contributed by atoms with van der Waals surface area (Å²) < 4.78 is 38.8. The van der Waals surface area contributed by atoms with E-state index in [-0.39, 0.29) is 18.0 Å². The molecule has 2 aromatic rings. The highest BCUT2D eigenvalue weighted by molar-refractivity contribution is 5.83. The predicted molar refractivity (Wildman–Crippen MR) is 115 cm³/mol.